The van der Waals surface area contributed by atoms with Gasteiger partial charge in [0.25, 0.3) is 11.8 Å². The summed E-state index contributed by atoms with van der Waals surface area (Å²) in [5.41, 5.74) is 0.363. The van der Waals surface area contributed by atoms with E-state index in [4.69, 9.17) is 0 Å². The molecular weight excluding hydrogens is 234 g/mol. The van der Waals surface area contributed by atoms with E-state index in [1.54, 1.807) is 18.3 Å². The zero-order valence-corrected chi connectivity index (χ0v) is 9.71. The number of hydrogen-bond donors (Lipinski definition) is 1. The molecule has 6 heteroatoms. The van der Waals surface area contributed by atoms with E-state index in [2.05, 4.69) is 16.9 Å². The van der Waals surface area contributed by atoms with Crippen molar-refractivity contribution in [3.63, 3.8) is 0 Å². The van der Waals surface area contributed by atoms with Crippen molar-refractivity contribution in [3.05, 3.63) is 42.4 Å². The van der Waals surface area contributed by atoms with E-state index in [1.807, 2.05) is 0 Å². The third-order valence-electron chi connectivity index (χ3n) is 2.61. The Kier molecular flexibility index (Phi) is 2.93. The summed E-state index contributed by atoms with van der Waals surface area (Å²) in [6, 6.07) is 2.40. The van der Waals surface area contributed by atoms with Crippen LogP contribution in [0.3, 0.4) is 0 Å². The van der Waals surface area contributed by atoms with Gasteiger partial charge < -0.3 is 5.32 Å². The molecule has 1 aromatic heterocycles. The minimum atomic E-state index is -0.902. The quantitative estimate of drug-likeness (QED) is 0.714. The number of nitrogens with one attached hydrogen (secondary N) is 1. The first-order chi connectivity index (χ1) is 8.52. The Morgan fingerprint density at radius 2 is 2.22 bits per heavy atom. The number of nitrogens with zero attached hydrogens (tertiary/aromatic N) is 2. The molecule has 6 nitrogen and oxygen atoms in total. The first-order valence-corrected chi connectivity index (χ1v) is 5.26. The highest BCUT2D eigenvalue weighted by molar-refractivity contribution is 6.11. The SMILES string of the molecule is C=C1C(=O)NC(c2cccnc2)C(=O)N1C(C)=O. The first-order valence-electron chi connectivity index (χ1n) is 5.26. The first kappa shape index (κ1) is 12.0. The number of rotatable bonds is 1. The van der Waals surface area contributed by atoms with Gasteiger partial charge in [0, 0.05) is 24.9 Å². The van der Waals surface area contributed by atoms with Gasteiger partial charge >= 0.3 is 0 Å². The fourth-order valence-corrected chi connectivity index (χ4v) is 1.76. The van der Waals surface area contributed by atoms with Gasteiger partial charge in [-0.15, -0.1) is 0 Å². The Morgan fingerprint density at radius 3 is 2.78 bits per heavy atom. The Morgan fingerprint density at radius 1 is 1.50 bits per heavy atom. The van der Waals surface area contributed by atoms with Crippen molar-refractivity contribution in [2.45, 2.75) is 13.0 Å². The molecule has 1 aliphatic rings. The normalized spacial score (nSPS) is 19.7. The van der Waals surface area contributed by atoms with Crippen LogP contribution in [0.15, 0.2) is 36.8 Å². The van der Waals surface area contributed by atoms with Crippen LogP contribution in [0.1, 0.15) is 18.5 Å². The van der Waals surface area contributed by atoms with Gasteiger partial charge in [-0.2, -0.15) is 0 Å². The lowest BCUT2D eigenvalue weighted by atomic mass is 10.0. The Bertz CT molecular complexity index is 539. The predicted molar refractivity (Wildman–Crippen MR) is 61.8 cm³/mol. The number of imide groups is 1. The molecule has 0 spiro atoms. The molecule has 1 saturated heterocycles. The number of hydrogen-bond acceptors (Lipinski definition) is 4. The zero-order valence-electron chi connectivity index (χ0n) is 9.71. The van der Waals surface area contributed by atoms with E-state index in [-0.39, 0.29) is 5.70 Å². The van der Waals surface area contributed by atoms with E-state index in [0.717, 1.165) is 4.90 Å². The molecule has 0 aliphatic carbocycles. The van der Waals surface area contributed by atoms with Crippen molar-refractivity contribution in [1.82, 2.24) is 15.2 Å². The van der Waals surface area contributed by atoms with Gasteiger partial charge in [0.1, 0.15) is 11.7 Å². The number of aromatic nitrogens is 1. The summed E-state index contributed by atoms with van der Waals surface area (Å²) < 4.78 is 0. The summed E-state index contributed by atoms with van der Waals surface area (Å²) in [7, 11) is 0. The molecule has 2 rings (SSSR count). The monoisotopic (exact) mass is 245 g/mol. The Balaban J connectivity index is 2.40. The molecule has 1 N–H and O–H groups in total. The lowest BCUT2D eigenvalue weighted by Gasteiger charge is -2.31. The van der Waals surface area contributed by atoms with Crippen molar-refractivity contribution in [3.8, 4) is 0 Å². The van der Waals surface area contributed by atoms with Gasteiger partial charge in [-0.1, -0.05) is 12.6 Å². The summed E-state index contributed by atoms with van der Waals surface area (Å²) in [6.07, 6.45) is 3.02. The average Bonchev–Trinajstić information content (AvgIpc) is 2.34. The van der Waals surface area contributed by atoms with Crippen LogP contribution in [-0.2, 0) is 14.4 Å². The summed E-state index contributed by atoms with van der Waals surface area (Å²) in [5.74, 6) is -1.60. The minimum absolute atomic E-state index is 0.160. The van der Waals surface area contributed by atoms with Crippen LogP contribution in [-0.4, -0.2) is 27.6 Å². The molecule has 92 valence electrons. The molecule has 0 aromatic carbocycles. The van der Waals surface area contributed by atoms with Gasteiger partial charge in [-0.25, -0.2) is 4.90 Å². The van der Waals surface area contributed by atoms with Gasteiger partial charge in [0.2, 0.25) is 5.91 Å². The van der Waals surface area contributed by atoms with Gasteiger partial charge in [-0.05, 0) is 6.07 Å². The fourth-order valence-electron chi connectivity index (χ4n) is 1.76. The molecule has 0 bridgehead atoms. The van der Waals surface area contributed by atoms with Crippen molar-refractivity contribution in [2.75, 3.05) is 0 Å². The fraction of sp³-hybridized carbons (Fsp3) is 0.167. The molecule has 2 heterocycles. The zero-order chi connectivity index (χ0) is 13.3. The van der Waals surface area contributed by atoms with Gasteiger partial charge in [0.15, 0.2) is 0 Å². The number of carbonyl (C=O) groups excluding carboxylic acids is 3. The van der Waals surface area contributed by atoms with Crippen molar-refractivity contribution in [2.24, 2.45) is 0 Å². The maximum atomic E-state index is 12.1. The standard InChI is InChI=1S/C12H11N3O3/c1-7-11(17)14-10(9-4-3-5-13-6-9)12(18)15(7)8(2)16/h3-6,10H,1H2,2H3,(H,14,17). The van der Waals surface area contributed by atoms with Crippen LogP contribution in [0.5, 0.6) is 0 Å². The van der Waals surface area contributed by atoms with E-state index >= 15 is 0 Å². The molecule has 18 heavy (non-hydrogen) atoms. The molecule has 1 aromatic rings. The van der Waals surface area contributed by atoms with E-state index in [9.17, 15) is 14.4 Å². The smallest absolute Gasteiger partial charge is 0.268 e. The van der Waals surface area contributed by atoms with Crippen molar-refractivity contribution in [1.29, 1.82) is 0 Å². The van der Waals surface area contributed by atoms with Gasteiger partial charge in [0.05, 0.1) is 0 Å². The lowest BCUT2D eigenvalue weighted by Crippen LogP contribution is -2.53. The summed E-state index contributed by atoms with van der Waals surface area (Å²) in [6.45, 7) is 4.64. The second-order valence-corrected chi connectivity index (χ2v) is 3.83. The number of pyridine rings is 1. The largest absolute Gasteiger partial charge is 0.335 e. The maximum absolute atomic E-state index is 12.1. The Hall–Kier alpha value is -2.50. The van der Waals surface area contributed by atoms with Crippen LogP contribution in [0.2, 0.25) is 0 Å². The third-order valence-corrected chi connectivity index (χ3v) is 2.61. The highest BCUT2D eigenvalue weighted by atomic mass is 16.2. The van der Waals surface area contributed by atoms with Crippen LogP contribution in [0.4, 0.5) is 0 Å². The number of carbonyl (C=O) groups is 3. The highest BCUT2D eigenvalue weighted by Crippen LogP contribution is 2.22. The third kappa shape index (κ3) is 1.88. The topological polar surface area (TPSA) is 79.4 Å². The van der Waals surface area contributed by atoms with Gasteiger partial charge in [-0.3, -0.25) is 19.4 Å². The van der Waals surface area contributed by atoms with Crippen molar-refractivity contribution >= 4 is 17.7 Å². The highest BCUT2D eigenvalue weighted by Gasteiger charge is 2.38. The number of piperazine rings is 1. The Labute approximate surface area is 103 Å². The van der Waals surface area contributed by atoms with Crippen molar-refractivity contribution < 1.29 is 14.4 Å². The van der Waals surface area contributed by atoms with Crippen LogP contribution in [0.25, 0.3) is 0 Å². The molecule has 0 saturated carbocycles. The van der Waals surface area contributed by atoms with Crippen LogP contribution >= 0.6 is 0 Å². The average molecular weight is 245 g/mol. The number of amides is 3. The van der Waals surface area contributed by atoms with E-state index < -0.39 is 23.8 Å². The summed E-state index contributed by atoms with van der Waals surface area (Å²) in [4.78, 5) is 39.8. The molecular formula is C12H11N3O3. The second kappa shape index (κ2) is 4.40. The maximum Gasteiger partial charge on any atom is 0.268 e. The summed E-state index contributed by atoms with van der Waals surface area (Å²) in [5, 5.41) is 2.50. The van der Waals surface area contributed by atoms with E-state index in [0.29, 0.717) is 5.56 Å². The molecule has 1 aliphatic heterocycles. The predicted octanol–water partition coefficient (Wildman–Crippen LogP) is 0.141. The van der Waals surface area contributed by atoms with Crippen LogP contribution < -0.4 is 5.32 Å². The minimum Gasteiger partial charge on any atom is -0.335 e. The van der Waals surface area contributed by atoms with E-state index in [1.165, 1.54) is 13.1 Å². The molecule has 0 radical (unpaired) electrons. The van der Waals surface area contributed by atoms with Crippen LogP contribution in [0, 0.1) is 0 Å². The second-order valence-electron chi connectivity index (χ2n) is 3.83. The molecule has 3 amide bonds. The molecule has 1 fully saturated rings. The summed E-state index contributed by atoms with van der Waals surface area (Å²) >= 11 is 0. The lowest BCUT2D eigenvalue weighted by molar-refractivity contribution is -0.148. The molecule has 1 unspecified atom stereocenters. The molecule has 1 atom stereocenters.